The van der Waals surface area contributed by atoms with E-state index in [1.54, 1.807) is 0 Å². The minimum atomic E-state index is -0.716. The first-order valence-electron chi connectivity index (χ1n) is 4.83. The number of hydrogen-bond donors (Lipinski definition) is 1. The Hall–Kier alpha value is -1.22. The molecular weight excluding hydrogens is 214 g/mol. The molecule has 15 heavy (non-hydrogen) atoms. The normalized spacial score (nSPS) is 19.7. The number of carboxylic acid groups (broad SMARTS) is 1. The maximum atomic E-state index is 10.9. The number of anilines is 1. The quantitative estimate of drug-likeness (QED) is 0.842. The van der Waals surface area contributed by atoms with Gasteiger partial charge < -0.3 is 10.0 Å². The predicted octanol–water partition coefficient (Wildman–Crippen LogP) is 2.16. The van der Waals surface area contributed by atoms with Gasteiger partial charge in [0.05, 0.1) is 0 Å². The van der Waals surface area contributed by atoms with E-state index in [2.05, 4.69) is 0 Å². The number of aliphatic carboxylic acids is 1. The van der Waals surface area contributed by atoms with Crippen molar-refractivity contribution < 1.29 is 9.90 Å². The van der Waals surface area contributed by atoms with Gasteiger partial charge in [-0.15, -0.1) is 12.4 Å². The molecule has 4 heteroatoms. The standard InChI is InChI=1S/C11H13NO2.ClH/c13-11(14)10-7-4-8-12(10)9-5-2-1-3-6-9;/h1-3,5-6,10H,4,7-8H2,(H,13,14);1H/t10-;/m0./s1. The molecule has 1 N–H and O–H groups in total. The number of benzene rings is 1. The zero-order valence-electron chi connectivity index (χ0n) is 8.30. The summed E-state index contributed by atoms with van der Waals surface area (Å²) in [4.78, 5) is 12.9. The maximum Gasteiger partial charge on any atom is 0.326 e. The number of carboxylic acids is 1. The first kappa shape index (κ1) is 11.9. The van der Waals surface area contributed by atoms with Crippen molar-refractivity contribution in [2.24, 2.45) is 0 Å². The molecule has 1 saturated heterocycles. The number of carbonyl (C=O) groups is 1. The van der Waals surface area contributed by atoms with Crippen LogP contribution in [-0.2, 0) is 4.79 Å². The summed E-state index contributed by atoms with van der Waals surface area (Å²) in [5.41, 5.74) is 1.01. The second-order valence-corrected chi connectivity index (χ2v) is 3.53. The van der Waals surface area contributed by atoms with Crippen molar-refractivity contribution in [1.29, 1.82) is 0 Å². The molecule has 0 spiro atoms. The second kappa shape index (κ2) is 5.03. The first-order chi connectivity index (χ1) is 6.79. The lowest BCUT2D eigenvalue weighted by Crippen LogP contribution is -2.35. The van der Waals surface area contributed by atoms with Crippen LogP contribution in [0.5, 0.6) is 0 Å². The van der Waals surface area contributed by atoms with E-state index in [1.807, 2.05) is 35.2 Å². The third kappa shape index (κ3) is 2.42. The molecule has 0 unspecified atom stereocenters. The van der Waals surface area contributed by atoms with Crippen LogP contribution in [0.15, 0.2) is 30.3 Å². The van der Waals surface area contributed by atoms with Gasteiger partial charge in [0, 0.05) is 12.2 Å². The van der Waals surface area contributed by atoms with E-state index in [0.717, 1.165) is 25.1 Å². The average Bonchev–Trinajstić information content (AvgIpc) is 2.67. The number of para-hydroxylation sites is 1. The molecule has 1 aliphatic heterocycles. The molecule has 82 valence electrons. The summed E-state index contributed by atoms with van der Waals surface area (Å²) in [5, 5.41) is 9.00. The fourth-order valence-corrected chi connectivity index (χ4v) is 1.95. The molecule has 1 aliphatic rings. The van der Waals surface area contributed by atoms with Crippen molar-refractivity contribution in [1.82, 2.24) is 0 Å². The van der Waals surface area contributed by atoms with E-state index in [0.29, 0.717) is 0 Å². The van der Waals surface area contributed by atoms with Crippen LogP contribution in [0.25, 0.3) is 0 Å². The minimum absolute atomic E-state index is 0. The maximum absolute atomic E-state index is 10.9. The summed E-state index contributed by atoms with van der Waals surface area (Å²) in [6, 6.07) is 9.40. The zero-order valence-corrected chi connectivity index (χ0v) is 9.11. The lowest BCUT2D eigenvalue weighted by Gasteiger charge is -2.23. The third-order valence-electron chi connectivity index (χ3n) is 2.63. The van der Waals surface area contributed by atoms with Gasteiger partial charge in [0.2, 0.25) is 0 Å². The van der Waals surface area contributed by atoms with Gasteiger partial charge in [-0.3, -0.25) is 0 Å². The summed E-state index contributed by atoms with van der Waals surface area (Å²) < 4.78 is 0. The fraction of sp³-hybridized carbons (Fsp3) is 0.364. The van der Waals surface area contributed by atoms with Gasteiger partial charge in [-0.1, -0.05) is 18.2 Å². The molecule has 1 heterocycles. The Labute approximate surface area is 95.1 Å². The van der Waals surface area contributed by atoms with E-state index in [9.17, 15) is 4.79 Å². The fourth-order valence-electron chi connectivity index (χ4n) is 1.95. The van der Waals surface area contributed by atoms with Gasteiger partial charge in [0.1, 0.15) is 6.04 Å². The first-order valence-corrected chi connectivity index (χ1v) is 4.83. The Kier molecular flexibility index (Phi) is 3.97. The molecule has 0 aromatic heterocycles. The van der Waals surface area contributed by atoms with Crippen LogP contribution < -0.4 is 4.90 Å². The van der Waals surface area contributed by atoms with Crippen molar-refractivity contribution in [3.8, 4) is 0 Å². The Morgan fingerprint density at radius 2 is 2.00 bits per heavy atom. The molecule has 3 nitrogen and oxygen atoms in total. The van der Waals surface area contributed by atoms with Crippen molar-refractivity contribution in [3.63, 3.8) is 0 Å². The minimum Gasteiger partial charge on any atom is -0.480 e. The summed E-state index contributed by atoms with van der Waals surface area (Å²) in [5.74, 6) is -0.716. The molecule has 1 aromatic carbocycles. The van der Waals surface area contributed by atoms with E-state index in [-0.39, 0.29) is 18.4 Å². The van der Waals surface area contributed by atoms with Crippen LogP contribution in [0, 0.1) is 0 Å². The molecule has 1 fully saturated rings. The van der Waals surface area contributed by atoms with Gasteiger partial charge in [-0.05, 0) is 25.0 Å². The van der Waals surface area contributed by atoms with Crippen molar-refractivity contribution in [3.05, 3.63) is 30.3 Å². The lowest BCUT2D eigenvalue weighted by molar-refractivity contribution is -0.138. The van der Waals surface area contributed by atoms with Gasteiger partial charge in [0.25, 0.3) is 0 Å². The van der Waals surface area contributed by atoms with Crippen LogP contribution in [0.1, 0.15) is 12.8 Å². The van der Waals surface area contributed by atoms with Gasteiger partial charge >= 0.3 is 5.97 Å². The monoisotopic (exact) mass is 227 g/mol. The van der Waals surface area contributed by atoms with Crippen LogP contribution in [0.4, 0.5) is 5.69 Å². The molecule has 0 aliphatic carbocycles. The second-order valence-electron chi connectivity index (χ2n) is 3.53. The molecular formula is C11H14ClNO2. The summed E-state index contributed by atoms with van der Waals surface area (Å²) >= 11 is 0. The Morgan fingerprint density at radius 3 is 2.60 bits per heavy atom. The van der Waals surface area contributed by atoms with Gasteiger partial charge in [-0.2, -0.15) is 0 Å². The number of rotatable bonds is 2. The molecule has 1 aromatic rings. The summed E-state index contributed by atoms with van der Waals surface area (Å²) in [6.07, 6.45) is 1.72. The van der Waals surface area contributed by atoms with Crippen LogP contribution >= 0.6 is 12.4 Å². The van der Waals surface area contributed by atoms with Gasteiger partial charge in [0.15, 0.2) is 0 Å². The van der Waals surface area contributed by atoms with Crippen LogP contribution in [0.2, 0.25) is 0 Å². The highest BCUT2D eigenvalue weighted by molar-refractivity contribution is 5.85. The highest BCUT2D eigenvalue weighted by Crippen LogP contribution is 2.24. The molecule has 2 rings (SSSR count). The predicted molar refractivity (Wildman–Crippen MR) is 61.7 cm³/mol. The van der Waals surface area contributed by atoms with Crippen LogP contribution in [-0.4, -0.2) is 23.7 Å². The number of nitrogens with zero attached hydrogens (tertiary/aromatic N) is 1. The smallest absolute Gasteiger partial charge is 0.326 e. The van der Waals surface area contributed by atoms with Crippen LogP contribution in [0.3, 0.4) is 0 Å². The highest BCUT2D eigenvalue weighted by atomic mass is 35.5. The topological polar surface area (TPSA) is 40.5 Å². The van der Waals surface area contributed by atoms with E-state index >= 15 is 0 Å². The lowest BCUT2D eigenvalue weighted by atomic mass is 10.2. The Balaban J connectivity index is 0.00000112. The van der Waals surface area contributed by atoms with Crippen molar-refractivity contribution >= 4 is 24.1 Å². The Morgan fingerprint density at radius 1 is 1.33 bits per heavy atom. The summed E-state index contributed by atoms with van der Waals surface area (Å²) in [6.45, 7) is 0.848. The van der Waals surface area contributed by atoms with Crippen molar-refractivity contribution in [2.75, 3.05) is 11.4 Å². The third-order valence-corrected chi connectivity index (χ3v) is 2.63. The molecule has 0 amide bonds. The summed E-state index contributed by atoms with van der Waals surface area (Å²) in [7, 11) is 0. The SMILES string of the molecule is Cl.O=C(O)[C@@H]1CCCN1c1ccccc1. The number of halogens is 1. The molecule has 0 saturated carbocycles. The molecule has 1 atom stereocenters. The van der Waals surface area contributed by atoms with E-state index < -0.39 is 5.97 Å². The number of hydrogen-bond acceptors (Lipinski definition) is 2. The van der Waals surface area contributed by atoms with Gasteiger partial charge in [-0.25, -0.2) is 4.79 Å². The molecule has 0 bridgehead atoms. The van der Waals surface area contributed by atoms with E-state index in [4.69, 9.17) is 5.11 Å². The van der Waals surface area contributed by atoms with E-state index in [1.165, 1.54) is 0 Å². The highest BCUT2D eigenvalue weighted by Gasteiger charge is 2.30. The Bertz CT molecular complexity index is 329. The largest absolute Gasteiger partial charge is 0.480 e. The van der Waals surface area contributed by atoms with Crippen molar-refractivity contribution in [2.45, 2.75) is 18.9 Å². The average molecular weight is 228 g/mol. The molecule has 0 radical (unpaired) electrons. The zero-order chi connectivity index (χ0) is 9.97.